The average molecular weight is 401 g/mol. The number of aliphatic imine (C=N–C) groups is 1. The Kier molecular flexibility index (Phi) is 9.11. The van der Waals surface area contributed by atoms with E-state index in [9.17, 15) is 0 Å². The molecule has 0 aromatic heterocycles. The van der Waals surface area contributed by atoms with Crippen LogP contribution < -0.4 is 20.1 Å². The van der Waals surface area contributed by atoms with Gasteiger partial charge in [-0.05, 0) is 29.8 Å². The van der Waals surface area contributed by atoms with Crippen LogP contribution in [-0.4, -0.2) is 59.4 Å². The third-order valence-electron chi connectivity index (χ3n) is 4.52. The van der Waals surface area contributed by atoms with Gasteiger partial charge < -0.3 is 29.7 Å². The minimum absolute atomic E-state index is 0.662. The van der Waals surface area contributed by atoms with Crippen LogP contribution in [-0.2, 0) is 17.8 Å². The van der Waals surface area contributed by atoms with Gasteiger partial charge in [0.25, 0.3) is 0 Å². The molecule has 0 amide bonds. The van der Waals surface area contributed by atoms with Gasteiger partial charge in [-0.1, -0.05) is 12.1 Å². The molecule has 0 saturated carbocycles. The lowest BCUT2D eigenvalue weighted by Gasteiger charge is -2.23. The van der Waals surface area contributed by atoms with Crippen molar-refractivity contribution in [2.75, 3.05) is 53.9 Å². The zero-order valence-electron chi connectivity index (χ0n) is 18.0. The predicted octanol–water partition coefficient (Wildman–Crippen LogP) is 2.97. The van der Waals surface area contributed by atoms with E-state index in [4.69, 9.17) is 14.2 Å². The predicted molar refractivity (Wildman–Crippen MR) is 118 cm³/mol. The molecule has 0 saturated heterocycles. The number of rotatable bonds is 10. The molecule has 2 aromatic carbocycles. The Morgan fingerprint density at radius 3 is 2.41 bits per heavy atom. The van der Waals surface area contributed by atoms with Crippen LogP contribution >= 0.6 is 0 Å². The van der Waals surface area contributed by atoms with Crippen molar-refractivity contribution in [2.45, 2.75) is 13.1 Å². The third kappa shape index (κ3) is 6.87. The van der Waals surface area contributed by atoms with Crippen LogP contribution in [0.25, 0.3) is 0 Å². The average Bonchev–Trinajstić information content (AvgIpc) is 2.75. The lowest BCUT2D eigenvalue weighted by atomic mass is 10.2. The highest BCUT2D eigenvalue weighted by Crippen LogP contribution is 2.25. The summed E-state index contributed by atoms with van der Waals surface area (Å²) in [7, 11) is 8.80. The van der Waals surface area contributed by atoms with Crippen molar-refractivity contribution in [1.82, 2.24) is 10.2 Å². The van der Waals surface area contributed by atoms with Crippen LogP contribution in [0.15, 0.2) is 47.5 Å². The Hall–Kier alpha value is -2.93. The number of hydrogen-bond donors (Lipinski definition) is 2. The highest BCUT2D eigenvalue weighted by Gasteiger charge is 2.11. The number of hydrogen-bond acceptors (Lipinski definition) is 5. The van der Waals surface area contributed by atoms with E-state index in [0.29, 0.717) is 19.7 Å². The molecule has 0 aliphatic rings. The molecule has 7 nitrogen and oxygen atoms in total. The van der Waals surface area contributed by atoms with Crippen molar-refractivity contribution in [3.8, 4) is 11.5 Å². The summed E-state index contributed by atoms with van der Waals surface area (Å²) < 4.78 is 15.8. The van der Waals surface area contributed by atoms with E-state index in [0.717, 1.165) is 35.3 Å². The molecule has 2 aromatic rings. The number of benzene rings is 2. The molecule has 0 spiro atoms. The Labute approximate surface area is 173 Å². The molecule has 2 N–H and O–H groups in total. The van der Waals surface area contributed by atoms with E-state index in [1.807, 2.05) is 25.2 Å². The molecular formula is C22H32N4O3. The lowest BCUT2D eigenvalue weighted by molar-refractivity contribution is 0.211. The summed E-state index contributed by atoms with van der Waals surface area (Å²) in [4.78, 5) is 6.46. The monoisotopic (exact) mass is 400 g/mol. The number of anilines is 1. The fourth-order valence-electron chi connectivity index (χ4n) is 2.92. The largest absolute Gasteiger partial charge is 0.497 e. The second kappa shape index (κ2) is 11.8. The first-order valence-electron chi connectivity index (χ1n) is 9.55. The van der Waals surface area contributed by atoms with Crippen molar-refractivity contribution in [1.29, 1.82) is 0 Å². The van der Waals surface area contributed by atoms with Crippen LogP contribution in [0, 0.1) is 0 Å². The highest BCUT2D eigenvalue weighted by atomic mass is 16.5. The fourth-order valence-corrected chi connectivity index (χ4v) is 2.92. The van der Waals surface area contributed by atoms with Gasteiger partial charge in [0.2, 0.25) is 0 Å². The van der Waals surface area contributed by atoms with Crippen molar-refractivity contribution in [3.05, 3.63) is 53.6 Å². The maximum absolute atomic E-state index is 5.50. The van der Waals surface area contributed by atoms with Crippen molar-refractivity contribution in [2.24, 2.45) is 4.99 Å². The van der Waals surface area contributed by atoms with E-state index in [1.54, 1.807) is 28.4 Å². The van der Waals surface area contributed by atoms with E-state index in [-0.39, 0.29) is 0 Å². The summed E-state index contributed by atoms with van der Waals surface area (Å²) in [6, 6.07) is 14.2. The summed E-state index contributed by atoms with van der Waals surface area (Å²) in [5.41, 5.74) is 3.32. The van der Waals surface area contributed by atoms with Gasteiger partial charge in [-0.25, -0.2) is 0 Å². The molecule has 0 aliphatic carbocycles. The molecule has 0 heterocycles. The van der Waals surface area contributed by atoms with Gasteiger partial charge in [-0.15, -0.1) is 0 Å². The Morgan fingerprint density at radius 1 is 1.03 bits per heavy atom. The minimum atomic E-state index is 0.662. The molecule has 2 rings (SSSR count). The maximum atomic E-state index is 5.50. The van der Waals surface area contributed by atoms with Gasteiger partial charge >= 0.3 is 0 Å². The molecule has 0 atom stereocenters. The summed E-state index contributed by atoms with van der Waals surface area (Å²) in [5, 5.41) is 6.72. The topological polar surface area (TPSA) is 67.4 Å². The minimum Gasteiger partial charge on any atom is -0.497 e. The third-order valence-corrected chi connectivity index (χ3v) is 4.52. The Morgan fingerprint density at radius 2 is 1.79 bits per heavy atom. The molecule has 29 heavy (non-hydrogen) atoms. The maximum Gasteiger partial charge on any atom is 0.193 e. The van der Waals surface area contributed by atoms with Gasteiger partial charge in [0.05, 0.1) is 20.8 Å². The van der Waals surface area contributed by atoms with Gasteiger partial charge in [0.15, 0.2) is 5.96 Å². The van der Waals surface area contributed by atoms with Crippen LogP contribution in [0.4, 0.5) is 5.69 Å². The van der Waals surface area contributed by atoms with E-state index >= 15 is 0 Å². The smallest absolute Gasteiger partial charge is 0.193 e. The first-order valence-corrected chi connectivity index (χ1v) is 9.55. The molecule has 158 valence electrons. The van der Waals surface area contributed by atoms with Gasteiger partial charge in [-0.3, -0.25) is 4.99 Å². The number of methoxy groups -OCH3 is 3. The van der Waals surface area contributed by atoms with Crippen molar-refractivity contribution >= 4 is 11.6 Å². The van der Waals surface area contributed by atoms with Crippen LogP contribution in [0.5, 0.6) is 11.5 Å². The molecule has 0 unspecified atom stereocenters. The first kappa shape index (κ1) is 22.4. The molecular weight excluding hydrogens is 368 g/mol. The number of nitrogens with one attached hydrogen (secondary N) is 2. The Bertz CT molecular complexity index is 778. The number of ether oxygens (including phenoxy) is 3. The highest BCUT2D eigenvalue weighted by molar-refractivity contribution is 5.79. The SMILES string of the molecule is CN=C(NCc1ccc(NCCOC)cc1)N(C)Cc1ccc(OC)cc1OC. The summed E-state index contributed by atoms with van der Waals surface area (Å²) in [6.45, 7) is 2.83. The molecule has 0 aliphatic heterocycles. The van der Waals surface area contributed by atoms with Crippen molar-refractivity contribution in [3.63, 3.8) is 0 Å². The standard InChI is InChI=1S/C22H32N4O3/c1-23-22(25-15-17-6-9-19(10-7-17)24-12-13-27-3)26(2)16-18-8-11-20(28-4)14-21(18)29-5/h6-11,14,24H,12-13,15-16H2,1-5H3,(H,23,25). The lowest BCUT2D eigenvalue weighted by Crippen LogP contribution is -2.38. The quantitative estimate of drug-likeness (QED) is 0.363. The van der Waals surface area contributed by atoms with Gasteiger partial charge in [0.1, 0.15) is 11.5 Å². The first-order chi connectivity index (χ1) is 14.1. The molecule has 0 bridgehead atoms. The summed E-state index contributed by atoms with van der Waals surface area (Å²) >= 11 is 0. The van der Waals surface area contributed by atoms with Gasteiger partial charge in [-0.2, -0.15) is 0 Å². The van der Waals surface area contributed by atoms with E-state index in [2.05, 4.69) is 44.8 Å². The number of guanidine groups is 1. The second-order valence-corrected chi connectivity index (χ2v) is 6.55. The van der Waals surface area contributed by atoms with Crippen LogP contribution in [0.3, 0.4) is 0 Å². The molecule has 7 heteroatoms. The van der Waals surface area contributed by atoms with E-state index < -0.39 is 0 Å². The zero-order valence-corrected chi connectivity index (χ0v) is 18.0. The Balaban J connectivity index is 1.92. The number of nitrogens with zero attached hydrogens (tertiary/aromatic N) is 2. The summed E-state index contributed by atoms with van der Waals surface area (Å²) in [6.07, 6.45) is 0. The second-order valence-electron chi connectivity index (χ2n) is 6.55. The van der Waals surface area contributed by atoms with E-state index in [1.165, 1.54) is 5.56 Å². The zero-order chi connectivity index (χ0) is 21.1. The normalized spacial score (nSPS) is 11.1. The van der Waals surface area contributed by atoms with Gasteiger partial charge in [0, 0.05) is 58.2 Å². The molecule has 0 radical (unpaired) electrons. The summed E-state index contributed by atoms with van der Waals surface area (Å²) in [5.74, 6) is 2.38. The van der Waals surface area contributed by atoms with Crippen molar-refractivity contribution < 1.29 is 14.2 Å². The van der Waals surface area contributed by atoms with Crippen LogP contribution in [0.2, 0.25) is 0 Å². The van der Waals surface area contributed by atoms with Crippen LogP contribution in [0.1, 0.15) is 11.1 Å². The fraction of sp³-hybridized carbons (Fsp3) is 0.409. The molecule has 0 fully saturated rings.